The molecule has 0 spiro atoms. The number of aliphatic hydroxyl groups is 3. The minimum absolute atomic E-state index is 0.202. The quantitative estimate of drug-likeness (QED) is 0.434. The zero-order valence-corrected chi connectivity index (χ0v) is 19.8. The normalized spacial score (nSPS) is 42.5. The van der Waals surface area contributed by atoms with Crippen molar-refractivity contribution in [3.63, 3.8) is 0 Å². The smallest absolute Gasteiger partial charge is 0.172 e. The first-order chi connectivity index (χ1) is 14.4. The van der Waals surface area contributed by atoms with Gasteiger partial charge in [-0.2, -0.15) is 0 Å². The van der Waals surface area contributed by atoms with Gasteiger partial charge in [0.1, 0.15) is 0 Å². The Balaban J connectivity index is 1.57. The molecule has 0 heterocycles. The van der Waals surface area contributed by atoms with Crippen LogP contribution >= 0.6 is 0 Å². The Morgan fingerprint density at radius 1 is 1.23 bits per heavy atom. The third-order valence-electron chi connectivity index (χ3n) is 8.78. The van der Waals surface area contributed by atoms with Gasteiger partial charge < -0.3 is 20.1 Å². The molecular formula is C27H40O4. The Labute approximate surface area is 187 Å². The van der Waals surface area contributed by atoms with Crippen molar-refractivity contribution in [1.82, 2.24) is 0 Å². The van der Waals surface area contributed by atoms with Crippen LogP contribution in [-0.4, -0.2) is 39.4 Å². The second kappa shape index (κ2) is 7.69. The molecule has 31 heavy (non-hydrogen) atoms. The van der Waals surface area contributed by atoms with E-state index in [-0.39, 0.29) is 23.9 Å². The van der Waals surface area contributed by atoms with Gasteiger partial charge in [0, 0.05) is 18.3 Å². The minimum Gasteiger partial charge on any atom is -0.392 e. The number of allylic oxidation sites excluding steroid dienone is 5. The predicted molar refractivity (Wildman–Crippen MR) is 123 cm³/mol. The number of fused-ring (bicyclic) bond motifs is 5. The first-order valence-electron chi connectivity index (χ1n) is 12.0. The van der Waals surface area contributed by atoms with E-state index in [0.29, 0.717) is 18.3 Å². The maximum absolute atomic E-state index is 11.3. The molecular weight excluding hydrogens is 388 g/mol. The summed E-state index contributed by atoms with van der Waals surface area (Å²) in [5.74, 6) is -0.523. The van der Waals surface area contributed by atoms with Gasteiger partial charge >= 0.3 is 0 Å². The maximum Gasteiger partial charge on any atom is 0.172 e. The fraction of sp³-hybridized carbons (Fsp3) is 0.704. The second-order valence-corrected chi connectivity index (χ2v) is 11.2. The van der Waals surface area contributed by atoms with E-state index in [1.165, 1.54) is 5.57 Å². The molecule has 0 saturated heterocycles. The largest absolute Gasteiger partial charge is 0.392 e. The zero-order chi connectivity index (χ0) is 22.7. The lowest BCUT2D eigenvalue weighted by atomic mass is 9.49. The number of rotatable bonds is 5. The highest BCUT2D eigenvalue weighted by Gasteiger charge is 2.58. The molecule has 0 aromatic carbocycles. The predicted octanol–water partition coefficient (Wildman–Crippen LogP) is 4.82. The van der Waals surface area contributed by atoms with Crippen LogP contribution in [0.15, 0.2) is 47.1 Å². The lowest BCUT2D eigenvalue weighted by molar-refractivity contribution is -0.237. The molecule has 0 aromatic heterocycles. The molecule has 4 aliphatic rings. The van der Waals surface area contributed by atoms with Crippen molar-refractivity contribution >= 4 is 0 Å². The Morgan fingerprint density at radius 3 is 2.65 bits per heavy atom. The van der Waals surface area contributed by atoms with Crippen molar-refractivity contribution in [3.8, 4) is 0 Å². The van der Waals surface area contributed by atoms with E-state index in [4.69, 9.17) is 4.74 Å². The molecule has 172 valence electrons. The highest BCUT2D eigenvalue weighted by Crippen LogP contribution is 2.64. The van der Waals surface area contributed by atoms with Crippen LogP contribution in [0, 0.1) is 22.7 Å². The number of hydrogen-bond donors (Lipinski definition) is 3. The van der Waals surface area contributed by atoms with E-state index in [9.17, 15) is 15.3 Å². The summed E-state index contributed by atoms with van der Waals surface area (Å²) in [4.78, 5) is 0. The third-order valence-corrected chi connectivity index (χ3v) is 8.78. The van der Waals surface area contributed by atoms with E-state index in [2.05, 4.69) is 39.0 Å². The number of hydrogen-bond acceptors (Lipinski definition) is 4. The Hall–Kier alpha value is -1.20. The zero-order valence-electron chi connectivity index (χ0n) is 19.8. The van der Waals surface area contributed by atoms with Gasteiger partial charge in [0.05, 0.1) is 18.3 Å². The van der Waals surface area contributed by atoms with Crippen molar-refractivity contribution in [2.45, 2.75) is 90.6 Å². The van der Waals surface area contributed by atoms with E-state index in [0.717, 1.165) is 31.3 Å². The molecule has 3 N–H and O–H groups in total. The summed E-state index contributed by atoms with van der Waals surface area (Å²) < 4.78 is 5.81. The minimum atomic E-state index is -1.38. The van der Waals surface area contributed by atoms with Crippen LogP contribution in [0.3, 0.4) is 0 Å². The molecule has 0 aliphatic heterocycles. The van der Waals surface area contributed by atoms with Gasteiger partial charge in [-0.15, -0.1) is 0 Å². The fourth-order valence-corrected chi connectivity index (χ4v) is 6.93. The van der Waals surface area contributed by atoms with Gasteiger partial charge in [-0.1, -0.05) is 67.9 Å². The van der Waals surface area contributed by atoms with Crippen LogP contribution in [0.25, 0.3) is 0 Å². The van der Waals surface area contributed by atoms with E-state index in [1.807, 2.05) is 0 Å². The number of ether oxygens (including phenoxy) is 1. The van der Waals surface area contributed by atoms with E-state index in [1.54, 1.807) is 31.6 Å². The first-order valence-corrected chi connectivity index (χ1v) is 12.0. The molecule has 0 radical (unpaired) electrons. The monoisotopic (exact) mass is 428 g/mol. The third kappa shape index (κ3) is 3.80. The van der Waals surface area contributed by atoms with Crippen LogP contribution in [0.5, 0.6) is 0 Å². The second-order valence-electron chi connectivity index (χ2n) is 11.2. The lowest BCUT2D eigenvalue weighted by Gasteiger charge is -2.57. The average Bonchev–Trinajstić information content (AvgIpc) is 3.02. The standard InChI is InChI=1S/C27H40O4/c1-6-18-9-11-21-20-10-8-19-16-27(30,31-15-7-13-24(2,3)29)17-23(28)26(19,5)22(20)12-14-25(18,21)4/h7-10,13,21-23,28-30H,6,11-12,14-17H2,1-5H3/t21-,22-,23-,25+,26-,27-/m0/s1. The summed E-state index contributed by atoms with van der Waals surface area (Å²) >= 11 is 0. The van der Waals surface area contributed by atoms with Crippen LogP contribution < -0.4 is 0 Å². The molecule has 4 heteroatoms. The Morgan fingerprint density at radius 2 is 1.97 bits per heavy atom. The fourth-order valence-electron chi connectivity index (χ4n) is 6.93. The van der Waals surface area contributed by atoms with Crippen LogP contribution in [-0.2, 0) is 4.74 Å². The van der Waals surface area contributed by atoms with Gasteiger partial charge in [0.15, 0.2) is 5.79 Å². The summed E-state index contributed by atoms with van der Waals surface area (Å²) in [6, 6.07) is 0. The maximum atomic E-state index is 11.3. The summed E-state index contributed by atoms with van der Waals surface area (Å²) in [6.45, 7) is 10.5. The molecule has 0 amide bonds. The highest BCUT2D eigenvalue weighted by atomic mass is 16.6. The van der Waals surface area contributed by atoms with Crippen molar-refractivity contribution in [2.24, 2.45) is 22.7 Å². The molecule has 0 unspecified atom stereocenters. The van der Waals surface area contributed by atoms with Crippen LogP contribution in [0.4, 0.5) is 0 Å². The van der Waals surface area contributed by atoms with Crippen molar-refractivity contribution in [3.05, 3.63) is 47.1 Å². The molecule has 0 aromatic rings. The van der Waals surface area contributed by atoms with Crippen LogP contribution in [0.1, 0.15) is 73.1 Å². The van der Waals surface area contributed by atoms with Gasteiger partial charge in [-0.25, -0.2) is 0 Å². The highest BCUT2D eigenvalue weighted by molar-refractivity contribution is 5.43. The summed E-state index contributed by atoms with van der Waals surface area (Å²) in [7, 11) is 0. The first kappa shape index (κ1) is 23.0. The topological polar surface area (TPSA) is 69.9 Å². The average molecular weight is 429 g/mol. The van der Waals surface area contributed by atoms with E-state index >= 15 is 0 Å². The SMILES string of the molecule is CCC1=CC[C@H]2C3=CC=C4C[C@](O)(OCC=CC(C)(C)O)C[C@H](O)[C@]4(C)[C@H]3CC[C@]12C. The molecule has 4 aliphatic carbocycles. The molecule has 4 nitrogen and oxygen atoms in total. The Bertz CT molecular complexity index is 844. The van der Waals surface area contributed by atoms with Crippen LogP contribution in [0.2, 0.25) is 0 Å². The summed E-state index contributed by atoms with van der Waals surface area (Å²) in [5.41, 5.74) is 3.19. The molecule has 2 fully saturated rings. The summed E-state index contributed by atoms with van der Waals surface area (Å²) in [6.07, 6.45) is 14.7. The van der Waals surface area contributed by atoms with Crippen molar-refractivity contribution in [2.75, 3.05) is 6.61 Å². The van der Waals surface area contributed by atoms with Gasteiger partial charge in [-0.3, -0.25) is 0 Å². The van der Waals surface area contributed by atoms with Crippen molar-refractivity contribution < 1.29 is 20.1 Å². The Kier molecular flexibility index (Phi) is 5.70. The number of aliphatic hydroxyl groups excluding tert-OH is 1. The van der Waals surface area contributed by atoms with Gasteiger partial charge in [-0.05, 0) is 56.8 Å². The molecule has 6 atom stereocenters. The van der Waals surface area contributed by atoms with E-state index < -0.39 is 17.5 Å². The lowest BCUT2D eigenvalue weighted by Crippen LogP contribution is -2.56. The molecule has 4 rings (SSSR count). The van der Waals surface area contributed by atoms with Gasteiger partial charge in [0.25, 0.3) is 0 Å². The van der Waals surface area contributed by atoms with Gasteiger partial charge in [0.2, 0.25) is 0 Å². The van der Waals surface area contributed by atoms with Crippen molar-refractivity contribution in [1.29, 1.82) is 0 Å². The molecule has 2 saturated carbocycles. The molecule has 0 bridgehead atoms. The summed E-state index contributed by atoms with van der Waals surface area (Å²) in [5, 5.41) is 32.3.